The van der Waals surface area contributed by atoms with Gasteiger partial charge in [-0.3, -0.25) is 9.59 Å². The third kappa shape index (κ3) is 5.85. The summed E-state index contributed by atoms with van der Waals surface area (Å²) in [4.78, 5) is 31.6. The summed E-state index contributed by atoms with van der Waals surface area (Å²) in [6.07, 6.45) is 3.84. The van der Waals surface area contributed by atoms with Crippen molar-refractivity contribution in [3.05, 3.63) is 64.7 Å². The number of carbonyl (C=O) groups is 1. The van der Waals surface area contributed by atoms with Gasteiger partial charge < -0.3 is 15.0 Å². The summed E-state index contributed by atoms with van der Waals surface area (Å²) in [5.74, 6) is 0.931. The Balaban J connectivity index is 1.19. The number of aromatic nitrogens is 2. The number of para-hydroxylation sites is 1. The van der Waals surface area contributed by atoms with Crippen molar-refractivity contribution >= 4 is 28.6 Å². The number of hydrogen-bond acceptors (Lipinski definition) is 5. The highest BCUT2D eigenvalue weighted by Gasteiger charge is 2.23. The first-order valence-electron chi connectivity index (χ1n) is 10.4. The second-order valence-corrected chi connectivity index (χ2v) is 8.68. The molecule has 2 N–H and O–H groups in total. The highest BCUT2D eigenvalue weighted by atomic mass is 32.2. The van der Waals surface area contributed by atoms with Crippen LogP contribution in [0.1, 0.15) is 32.1 Å². The van der Waals surface area contributed by atoms with E-state index in [0.717, 1.165) is 25.7 Å². The lowest BCUT2D eigenvalue weighted by atomic mass is 9.93. The van der Waals surface area contributed by atoms with E-state index in [4.69, 9.17) is 4.74 Å². The molecule has 1 aliphatic carbocycles. The van der Waals surface area contributed by atoms with Gasteiger partial charge in [0.15, 0.2) is 5.16 Å². The zero-order valence-electron chi connectivity index (χ0n) is 17.0. The highest BCUT2D eigenvalue weighted by Crippen LogP contribution is 2.24. The molecular formula is C23H24FN3O3S. The van der Waals surface area contributed by atoms with Crippen molar-refractivity contribution in [2.45, 2.75) is 49.4 Å². The Labute approximate surface area is 183 Å². The van der Waals surface area contributed by atoms with Crippen LogP contribution in [0, 0.1) is 5.82 Å². The second-order valence-electron chi connectivity index (χ2n) is 7.60. The van der Waals surface area contributed by atoms with Crippen LogP contribution >= 0.6 is 11.8 Å². The van der Waals surface area contributed by atoms with E-state index < -0.39 is 0 Å². The first kappa shape index (κ1) is 21.4. The average molecular weight is 442 g/mol. The van der Waals surface area contributed by atoms with E-state index in [-0.39, 0.29) is 29.4 Å². The van der Waals surface area contributed by atoms with Crippen LogP contribution in [0.3, 0.4) is 0 Å². The lowest BCUT2D eigenvalue weighted by Crippen LogP contribution is -2.39. The molecule has 31 heavy (non-hydrogen) atoms. The van der Waals surface area contributed by atoms with E-state index >= 15 is 0 Å². The number of amides is 1. The van der Waals surface area contributed by atoms with Crippen LogP contribution in [-0.2, 0) is 4.79 Å². The zero-order valence-corrected chi connectivity index (χ0v) is 17.8. The maximum Gasteiger partial charge on any atom is 0.259 e. The van der Waals surface area contributed by atoms with Crippen molar-refractivity contribution in [1.29, 1.82) is 0 Å². The highest BCUT2D eigenvalue weighted by molar-refractivity contribution is 7.99. The summed E-state index contributed by atoms with van der Waals surface area (Å²) in [6.45, 7) is 0. The first-order valence-corrected chi connectivity index (χ1v) is 11.4. The molecular weight excluding hydrogens is 417 g/mol. The molecule has 1 saturated carbocycles. The van der Waals surface area contributed by atoms with E-state index in [1.54, 1.807) is 30.3 Å². The molecule has 1 heterocycles. The summed E-state index contributed by atoms with van der Waals surface area (Å²) in [7, 11) is 0. The first-order chi connectivity index (χ1) is 15.1. The van der Waals surface area contributed by atoms with Crippen LogP contribution in [0.25, 0.3) is 10.9 Å². The maximum atomic E-state index is 13.0. The minimum Gasteiger partial charge on any atom is -0.490 e. The minimum atomic E-state index is -0.278. The molecule has 1 amide bonds. The third-order valence-electron chi connectivity index (χ3n) is 5.31. The van der Waals surface area contributed by atoms with Crippen LogP contribution in [0.2, 0.25) is 0 Å². The molecule has 1 aromatic heterocycles. The summed E-state index contributed by atoms with van der Waals surface area (Å²) >= 11 is 1.37. The number of rotatable bonds is 7. The predicted octanol–water partition coefficient (Wildman–Crippen LogP) is 4.05. The Kier molecular flexibility index (Phi) is 6.86. The number of ether oxygens (including phenoxy) is 1. The fourth-order valence-electron chi connectivity index (χ4n) is 3.70. The van der Waals surface area contributed by atoms with Crippen LogP contribution in [0.15, 0.2) is 58.5 Å². The SMILES string of the molecule is O=C(CCSc1nc2ccccc2c(=O)[nH]1)NC1CCC(Oc2ccc(F)cc2)CC1. The standard InChI is InChI=1S/C23H24FN3O3S/c24-15-5-9-17(10-6-15)30-18-11-7-16(8-12-18)25-21(28)13-14-31-23-26-20-4-2-1-3-19(20)22(29)27-23/h1-6,9-10,16,18H,7-8,11-14H2,(H,25,28)(H,26,27,29). The number of thioether (sulfide) groups is 1. The number of aromatic amines is 1. The summed E-state index contributed by atoms with van der Waals surface area (Å²) < 4.78 is 18.9. The predicted molar refractivity (Wildman–Crippen MR) is 119 cm³/mol. The van der Waals surface area contributed by atoms with Gasteiger partial charge in [0.1, 0.15) is 11.6 Å². The fraction of sp³-hybridized carbons (Fsp3) is 0.348. The lowest BCUT2D eigenvalue weighted by molar-refractivity contribution is -0.121. The van der Waals surface area contributed by atoms with Gasteiger partial charge in [-0.25, -0.2) is 9.37 Å². The molecule has 1 fully saturated rings. The van der Waals surface area contributed by atoms with Crippen molar-refractivity contribution in [2.24, 2.45) is 0 Å². The Bertz CT molecular complexity index is 1100. The van der Waals surface area contributed by atoms with Gasteiger partial charge in [-0.1, -0.05) is 23.9 Å². The van der Waals surface area contributed by atoms with E-state index in [9.17, 15) is 14.0 Å². The summed E-state index contributed by atoms with van der Waals surface area (Å²) in [5.41, 5.74) is 0.481. The van der Waals surface area contributed by atoms with Gasteiger partial charge in [0.05, 0.1) is 17.0 Å². The molecule has 162 valence electrons. The normalized spacial score (nSPS) is 18.6. The molecule has 4 rings (SSSR count). The van der Waals surface area contributed by atoms with Crippen molar-refractivity contribution in [1.82, 2.24) is 15.3 Å². The van der Waals surface area contributed by atoms with Crippen LogP contribution < -0.4 is 15.6 Å². The summed E-state index contributed by atoms with van der Waals surface area (Å²) in [6, 6.07) is 13.4. The van der Waals surface area contributed by atoms with Gasteiger partial charge in [0.2, 0.25) is 5.91 Å². The van der Waals surface area contributed by atoms with Gasteiger partial charge in [0, 0.05) is 18.2 Å². The van der Waals surface area contributed by atoms with Crippen LogP contribution in [-0.4, -0.2) is 33.8 Å². The Morgan fingerprint density at radius 1 is 1.13 bits per heavy atom. The van der Waals surface area contributed by atoms with Gasteiger partial charge >= 0.3 is 0 Å². The molecule has 0 radical (unpaired) electrons. The molecule has 0 aliphatic heterocycles. The smallest absolute Gasteiger partial charge is 0.259 e. The fourth-order valence-corrected chi connectivity index (χ4v) is 4.51. The number of H-pyrrole nitrogens is 1. The van der Waals surface area contributed by atoms with E-state index in [0.29, 0.717) is 34.0 Å². The number of halogens is 1. The number of fused-ring (bicyclic) bond motifs is 1. The van der Waals surface area contributed by atoms with Crippen molar-refractivity contribution in [3.63, 3.8) is 0 Å². The molecule has 3 aromatic rings. The monoisotopic (exact) mass is 441 g/mol. The Hall–Kier alpha value is -2.87. The molecule has 0 bridgehead atoms. The van der Waals surface area contributed by atoms with E-state index in [2.05, 4.69) is 15.3 Å². The zero-order chi connectivity index (χ0) is 21.6. The molecule has 8 heteroatoms. The van der Waals surface area contributed by atoms with E-state index in [1.807, 2.05) is 6.07 Å². The van der Waals surface area contributed by atoms with Gasteiger partial charge in [-0.15, -0.1) is 0 Å². The molecule has 1 aliphatic rings. The topological polar surface area (TPSA) is 84.1 Å². The largest absolute Gasteiger partial charge is 0.490 e. The lowest BCUT2D eigenvalue weighted by Gasteiger charge is -2.29. The summed E-state index contributed by atoms with van der Waals surface area (Å²) in [5, 5.41) is 4.17. The van der Waals surface area contributed by atoms with Crippen LogP contribution in [0.5, 0.6) is 5.75 Å². The molecule has 0 saturated heterocycles. The second kappa shape index (κ2) is 9.96. The molecule has 0 unspecified atom stereocenters. The van der Waals surface area contributed by atoms with Crippen molar-refractivity contribution < 1.29 is 13.9 Å². The van der Waals surface area contributed by atoms with E-state index in [1.165, 1.54) is 23.9 Å². The van der Waals surface area contributed by atoms with Crippen molar-refractivity contribution in [2.75, 3.05) is 5.75 Å². The maximum absolute atomic E-state index is 13.0. The third-order valence-corrected chi connectivity index (χ3v) is 6.19. The molecule has 2 aromatic carbocycles. The number of carbonyl (C=O) groups excluding carboxylic acids is 1. The Morgan fingerprint density at radius 2 is 1.87 bits per heavy atom. The van der Waals surface area contributed by atoms with Gasteiger partial charge in [-0.05, 0) is 62.1 Å². The minimum absolute atomic E-state index is 0.00135. The number of hydrogen-bond donors (Lipinski definition) is 2. The number of nitrogens with zero attached hydrogens (tertiary/aromatic N) is 1. The van der Waals surface area contributed by atoms with Gasteiger partial charge in [0.25, 0.3) is 5.56 Å². The number of benzene rings is 2. The Morgan fingerprint density at radius 3 is 2.65 bits per heavy atom. The average Bonchev–Trinajstić information content (AvgIpc) is 2.77. The quantitative estimate of drug-likeness (QED) is 0.427. The molecule has 6 nitrogen and oxygen atoms in total. The van der Waals surface area contributed by atoms with Crippen LogP contribution in [0.4, 0.5) is 4.39 Å². The van der Waals surface area contributed by atoms with Gasteiger partial charge in [-0.2, -0.15) is 0 Å². The number of nitrogens with one attached hydrogen (secondary N) is 2. The molecule has 0 spiro atoms. The molecule has 0 atom stereocenters. The van der Waals surface area contributed by atoms with Crippen molar-refractivity contribution in [3.8, 4) is 5.75 Å².